The van der Waals surface area contributed by atoms with E-state index in [2.05, 4.69) is 9.40 Å². The summed E-state index contributed by atoms with van der Waals surface area (Å²) in [5, 5.41) is 0. The van der Waals surface area contributed by atoms with Crippen molar-refractivity contribution in [2.75, 3.05) is 0 Å². The Bertz CT molecular complexity index is 872. The molecule has 0 spiro atoms. The predicted molar refractivity (Wildman–Crippen MR) is 78.6 cm³/mol. The Morgan fingerprint density at radius 2 is 1.35 bits per heavy atom. The Morgan fingerprint density at radius 1 is 0.826 bits per heavy atom. The molecule has 0 fully saturated rings. The first-order valence-corrected chi connectivity index (χ1v) is 6.70. The van der Waals surface area contributed by atoms with Gasteiger partial charge in [-0.1, -0.05) is 60.7 Å². The van der Waals surface area contributed by atoms with Crippen LogP contribution in [0.4, 0.5) is 13.2 Å². The Morgan fingerprint density at radius 3 is 1.87 bits per heavy atom. The van der Waals surface area contributed by atoms with Crippen molar-refractivity contribution in [2.45, 2.75) is 6.18 Å². The van der Waals surface area contributed by atoms with Crippen LogP contribution < -0.4 is 5.63 Å². The van der Waals surface area contributed by atoms with Crippen molar-refractivity contribution >= 4 is 0 Å². The fourth-order valence-electron chi connectivity index (χ4n) is 2.20. The van der Waals surface area contributed by atoms with E-state index in [-0.39, 0.29) is 11.3 Å². The van der Waals surface area contributed by atoms with E-state index in [1.807, 2.05) is 0 Å². The zero-order valence-corrected chi connectivity index (χ0v) is 11.7. The summed E-state index contributed by atoms with van der Waals surface area (Å²) in [7, 11) is 0. The second-order valence-corrected chi connectivity index (χ2v) is 4.76. The molecule has 1 aromatic heterocycles. The molecule has 0 saturated heterocycles. The highest BCUT2D eigenvalue weighted by Gasteiger charge is 2.38. The van der Waals surface area contributed by atoms with Gasteiger partial charge in [-0.15, -0.1) is 0 Å². The van der Waals surface area contributed by atoms with Gasteiger partial charge in [0.15, 0.2) is 0 Å². The maximum atomic E-state index is 12.9. The van der Waals surface area contributed by atoms with Crippen molar-refractivity contribution in [3.05, 3.63) is 77.0 Å². The minimum Gasteiger partial charge on any atom is -0.398 e. The van der Waals surface area contributed by atoms with Gasteiger partial charge in [0.25, 0.3) is 0 Å². The van der Waals surface area contributed by atoms with E-state index in [9.17, 15) is 18.0 Å². The highest BCUT2D eigenvalue weighted by atomic mass is 19.4. The first-order chi connectivity index (χ1) is 11.0. The van der Waals surface area contributed by atoms with Crippen LogP contribution in [0.15, 0.2) is 69.9 Å². The van der Waals surface area contributed by atoms with Crippen LogP contribution in [0.1, 0.15) is 5.89 Å². The number of nitrogens with zero attached hydrogens (tertiary/aromatic N) is 1. The molecule has 0 radical (unpaired) electrons. The summed E-state index contributed by atoms with van der Waals surface area (Å²) in [6.45, 7) is 0. The second kappa shape index (κ2) is 5.72. The van der Waals surface area contributed by atoms with E-state index < -0.39 is 17.7 Å². The largest absolute Gasteiger partial charge is 0.469 e. The van der Waals surface area contributed by atoms with Crippen molar-refractivity contribution in [1.82, 2.24) is 4.98 Å². The summed E-state index contributed by atoms with van der Waals surface area (Å²) in [6, 6.07) is 16.6. The second-order valence-electron chi connectivity index (χ2n) is 4.76. The zero-order chi connectivity index (χ0) is 16.4. The third-order valence-corrected chi connectivity index (χ3v) is 3.20. The molecule has 2 aromatic carbocycles. The van der Waals surface area contributed by atoms with Gasteiger partial charge in [0.2, 0.25) is 0 Å². The standard InChI is InChI=1S/C17H10F3NO2/c18-17(19,20)16-21-14(12-9-5-2-6-10-12)13(15(22)23-16)11-7-3-1-4-8-11/h1-10H. The Balaban J connectivity index is 2.33. The molecular weight excluding hydrogens is 307 g/mol. The summed E-state index contributed by atoms with van der Waals surface area (Å²) in [5.74, 6) is -1.55. The number of aromatic nitrogens is 1. The molecule has 3 nitrogen and oxygen atoms in total. The third kappa shape index (κ3) is 3.01. The van der Waals surface area contributed by atoms with Gasteiger partial charge in [-0.25, -0.2) is 9.78 Å². The molecular formula is C17H10F3NO2. The monoisotopic (exact) mass is 317 g/mol. The first-order valence-electron chi connectivity index (χ1n) is 6.70. The van der Waals surface area contributed by atoms with Crippen molar-refractivity contribution in [1.29, 1.82) is 0 Å². The summed E-state index contributed by atoms with van der Waals surface area (Å²) in [5.41, 5.74) is -0.270. The lowest BCUT2D eigenvalue weighted by Crippen LogP contribution is -2.16. The molecule has 3 aromatic rings. The molecule has 0 aliphatic heterocycles. The topological polar surface area (TPSA) is 43.1 Å². The molecule has 1 heterocycles. The Hall–Kier alpha value is -2.89. The maximum absolute atomic E-state index is 12.9. The molecule has 3 rings (SSSR count). The SMILES string of the molecule is O=c1oc(C(F)(F)F)nc(-c2ccccc2)c1-c1ccccc1. The van der Waals surface area contributed by atoms with Crippen LogP contribution in [0.2, 0.25) is 0 Å². The molecule has 0 amide bonds. The van der Waals surface area contributed by atoms with Crippen LogP contribution in [-0.2, 0) is 6.18 Å². The molecule has 0 aliphatic carbocycles. The highest BCUT2D eigenvalue weighted by Crippen LogP contribution is 2.32. The average Bonchev–Trinajstić information content (AvgIpc) is 2.55. The van der Waals surface area contributed by atoms with Gasteiger partial charge in [0.1, 0.15) is 0 Å². The van der Waals surface area contributed by atoms with E-state index in [1.165, 1.54) is 0 Å². The molecule has 6 heteroatoms. The lowest BCUT2D eigenvalue weighted by Gasteiger charge is -2.11. The number of benzene rings is 2. The van der Waals surface area contributed by atoms with Gasteiger partial charge in [-0.3, -0.25) is 0 Å². The number of halogens is 3. The van der Waals surface area contributed by atoms with Crippen LogP contribution in [0, 0.1) is 0 Å². The quantitative estimate of drug-likeness (QED) is 0.704. The van der Waals surface area contributed by atoms with Crippen LogP contribution in [0.3, 0.4) is 0 Å². The average molecular weight is 317 g/mol. The Kier molecular flexibility index (Phi) is 3.73. The summed E-state index contributed by atoms with van der Waals surface area (Å²) in [4.78, 5) is 15.7. The third-order valence-electron chi connectivity index (χ3n) is 3.20. The minimum absolute atomic E-state index is 0.00444. The van der Waals surface area contributed by atoms with Crippen molar-refractivity contribution in [3.8, 4) is 22.4 Å². The molecule has 23 heavy (non-hydrogen) atoms. The molecule has 0 N–H and O–H groups in total. The van der Waals surface area contributed by atoms with E-state index in [0.717, 1.165) is 0 Å². The highest BCUT2D eigenvalue weighted by molar-refractivity contribution is 5.79. The fourth-order valence-corrected chi connectivity index (χ4v) is 2.20. The van der Waals surface area contributed by atoms with Gasteiger partial charge in [0.05, 0.1) is 11.3 Å². The lowest BCUT2D eigenvalue weighted by molar-refractivity contribution is -0.159. The smallest absolute Gasteiger partial charge is 0.398 e. The summed E-state index contributed by atoms with van der Waals surface area (Å²) in [6.07, 6.45) is -4.84. The zero-order valence-electron chi connectivity index (χ0n) is 11.7. The van der Waals surface area contributed by atoms with Crippen molar-refractivity contribution in [3.63, 3.8) is 0 Å². The molecule has 0 atom stereocenters. The van der Waals surface area contributed by atoms with E-state index in [0.29, 0.717) is 11.1 Å². The lowest BCUT2D eigenvalue weighted by atomic mass is 10.0. The number of hydrogen-bond donors (Lipinski definition) is 0. The molecule has 0 unspecified atom stereocenters. The summed E-state index contributed by atoms with van der Waals surface area (Å²) >= 11 is 0. The van der Waals surface area contributed by atoms with Gasteiger partial charge in [-0.2, -0.15) is 13.2 Å². The van der Waals surface area contributed by atoms with Gasteiger partial charge in [-0.05, 0) is 5.56 Å². The minimum atomic E-state index is -4.84. The number of rotatable bonds is 2. The predicted octanol–water partition coefficient (Wildman–Crippen LogP) is 4.39. The molecule has 0 aliphatic rings. The van der Waals surface area contributed by atoms with Gasteiger partial charge in [0, 0.05) is 5.56 Å². The molecule has 116 valence electrons. The van der Waals surface area contributed by atoms with Crippen molar-refractivity contribution < 1.29 is 17.6 Å². The fraction of sp³-hybridized carbons (Fsp3) is 0.0588. The van der Waals surface area contributed by atoms with Crippen molar-refractivity contribution in [2.24, 2.45) is 0 Å². The number of hydrogen-bond acceptors (Lipinski definition) is 3. The first kappa shape index (κ1) is 15.0. The van der Waals surface area contributed by atoms with Crippen LogP contribution in [0.25, 0.3) is 22.4 Å². The van der Waals surface area contributed by atoms with E-state index >= 15 is 0 Å². The molecule has 0 bridgehead atoms. The number of alkyl halides is 3. The maximum Gasteiger partial charge on any atom is 0.469 e. The Labute approximate surface area is 129 Å². The normalized spacial score (nSPS) is 11.4. The van der Waals surface area contributed by atoms with Gasteiger partial charge >= 0.3 is 17.7 Å². The molecule has 0 saturated carbocycles. The van der Waals surface area contributed by atoms with E-state index in [4.69, 9.17) is 0 Å². The summed E-state index contributed by atoms with van der Waals surface area (Å²) < 4.78 is 43.1. The van der Waals surface area contributed by atoms with Crippen LogP contribution >= 0.6 is 0 Å². The van der Waals surface area contributed by atoms with Crippen LogP contribution in [0.5, 0.6) is 0 Å². The van der Waals surface area contributed by atoms with Gasteiger partial charge < -0.3 is 4.42 Å². The van der Waals surface area contributed by atoms with Crippen LogP contribution in [-0.4, -0.2) is 4.98 Å². The van der Waals surface area contributed by atoms with E-state index in [1.54, 1.807) is 60.7 Å².